The van der Waals surface area contributed by atoms with Gasteiger partial charge in [0.05, 0.1) is 0 Å². The van der Waals surface area contributed by atoms with E-state index in [1.165, 1.54) is 24.2 Å². The first-order valence-electron chi connectivity index (χ1n) is 6.00. The maximum atomic E-state index is 3.38. The van der Waals surface area contributed by atoms with E-state index in [0.717, 1.165) is 19.6 Å². The van der Waals surface area contributed by atoms with Gasteiger partial charge in [0.25, 0.3) is 0 Å². The van der Waals surface area contributed by atoms with Crippen LogP contribution in [0.15, 0.2) is 35.9 Å². The van der Waals surface area contributed by atoms with Gasteiger partial charge in [-0.25, -0.2) is 0 Å². The molecule has 1 saturated heterocycles. The molecule has 0 amide bonds. The number of nitrogens with zero attached hydrogens (tertiary/aromatic N) is 1. The minimum Gasteiger partial charge on any atom is -0.314 e. The van der Waals surface area contributed by atoms with Crippen LogP contribution in [0.25, 0.3) is 6.08 Å². The Morgan fingerprint density at radius 1 is 1.25 bits per heavy atom. The van der Waals surface area contributed by atoms with Crippen molar-refractivity contribution in [3.05, 3.63) is 41.5 Å². The lowest BCUT2D eigenvalue weighted by Crippen LogP contribution is -2.43. The fraction of sp³-hybridized carbons (Fsp3) is 0.429. The van der Waals surface area contributed by atoms with Crippen molar-refractivity contribution in [2.24, 2.45) is 0 Å². The molecule has 0 atom stereocenters. The smallest absolute Gasteiger partial charge is 0.0194 e. The van der Waals surface area contributed by atoms with Crippen LogP contribution >= 0.6 is 0 Å². The fourth-order valence-corrected chi connectivity index (χ4v) is 2.10. The molecular weight excluding hydrogens is 196 g/mol. The Kier molecular flexibility index (Phi) is 4.14. The van der Waals surface area contributed by atoms with Gasteiger partial charge in [-0.1, -0.05) is 42.0 Å². The van der Waals surface area contributed by atoms with Crippen LogP contribution in [-0.2, 0) is 0 Å². The van der Waals surface area contributed by atoms with E-state index in [0.29, 0.717) is 0 Å². The Bertz CT molecular complexity index is 337. The minimum absolute atomic E-state index is 1.09. The third-order valence-electron chi connectivity index (χ3n) is 2.90. The Labute approximate surface area is 98.0 Å². The van der Waals surface area contributed by atoms with Crippen molar-refractivity contribution in [2.75, 3.05) is 32.7 Å². The summed E-state index contributed by atoms with van der Waals surface area (Å²) >= 11 is 0. The van der Waals surface area contributed by atoms with Crippen LogP contribution in [0.1, 0.15) is 12.5 Å². The highest BCUT2D eigenvalue weighted by molar-refractivity contribution is 5.52. The monoisotopic (exact) mass is 216 g/mol. The molecular formula is C14H20N2. The van der Waals surface area contributed by atoms with Crippen molar-refractivity contribution < 1.29 is 0 Å². The van der Waals surface area contributed by atoms with Gasteiger partial charge in [-0.15, -0.1) is 0 Å². The highest BCUT2D eigenvalue weighted by Gasteiger charge is 2.08. The third-order valence-corrected chi connectivity index (χ3v) is 2.90. The van der Waals surface area contributed by atoms with E-state index in [1.54, 1.807) is 0 Å². The molecule has 2 heteroatoms. The summed E-state index contributed by atoms with van der Waals surface area (Å²) in [6.07, 6.45) is 2.28. The van der Waals surface area contributed by atoms with Crippen LogP contribution < -0.4 is 5.32 Å². The standard InChI is InChI=1S/C14H20N2/c1-13(11-14-5-3-2-4-6-14)12-16-9-7-15-8-10-16/h2-6,11,15H,7-10,12H2,1H3. The number of piperazine rings is 1. The van der Waals surface area contributed by atoms with E-state index in [1.807, 2.05) is 0 Å². The summed E-state index contributed by atoms with van der Waals surface area (Å²) in [6.45, 7) is 7.89. The molecule has 1 aromatic carbocycles. The summed E-state index contributed by atoms with van der Waals surface area (Å²) in [5.41, 5.74) is 2.74. The zero-order chi connectivity index (χ0) is 11.2. The van der Waals surface area contributed by atoms with Crippen LogP contribution in [0.4, 0.5) is 0 Å². The molecule has 1 heterocycles. The maximum absolute atomic E-state index is 3.38. The minimum atomic E-state index is 1.09. The fourth-order valence-electron chi connectivity index (χ4n) is 2.10. The number of hydrogen-bond acceptors (Lipinski definition) is 2. The topological polar surface area (TPSA) is 15.3 Å². The van der Waals surface area contributed by atoms with Gasteiger partial charge in [0, 0.05) is 32.7 Å². The Balaban J connectivity index is 1.91. The number of nitrogens with one attached hydrogen (secondary N) is 1. The largest absolute Gasteiger partial charge is 0.314 e. The van der Waals surface area contributed by atoms with E-state index in [4.69, 9.17) is 0 Å². The van der Waals surface area contributed by atoms with Crippen molar-refractivity contribution in [1.29, 1.82) is 0 Å². The second-order valence-electron chi connectivity index (χ2n) is 4.43. The molecule has 2 rings (SSSR count). The SMILES string of the molecule is CC(=Cc1ccccc1)CN1CCNCC1. The average Bonchev–Trinajstić information content (AvgIpc) is 2.31. The van der Waals surface area contributed by atoms with E-state index in [-0.39, 0.29) is 0 Å². The molecule has 0 aliphatic carbocycles. The van der Waals surface area contributed by atoms with Crippen LogP contribution in [-0.4, -0.2) is 37.6 Å². The molecule has 0 aromatic heterocycles. The van der Waals surface area contributed by atoms with Gasteiger partial charge in [-0.05, 0) is 12.5 Å². The predicted molar refractivity (Wildman–Crippen MR) is 69.4 cm³/mol. The molecule has 1 aromatic rings. The summed E-state index contributed by atoms with van der Waals surface area (Å²) in [5.74, 6) is 0. The molecule has 16 heavy (non-hydrogen) atoms. The van der Waals surface area contributed by atoms with Crippen molar-refractivity contribution in [1.82, 2.24) is 10.2 Å². The number of rotatable bonds is 3. The quantitative estimate of drug-likeness (QED) is 0.831. The van der Waals surface area contributed by atoms with Gasteiger partial charge >= 0.3 is 0 Å². The van der Waals surface area contributed by atoms with Gasteiger partial charge in [-0.2, -0.15) is 0 Å². The van der Waals surface area contributed by atoms with E-state index < -0.39 is 0 Å². The summed E-state index contributed by atoms with van der Waals surface area (Å²) in [7, 11) is 0. The first-order valence-corrected chi connectivity index (χ1v) is 6.00. The molecule has 2 nitrogen and oxygen atoms in total. The molecule has 1 aliphatic heterocycles. The van der Waals surface area contributed by atoms with E-state index in [9.17, 15) is 0 Å². The second kappa shape index (κ2) is 5.83. The third kappa shape index (κ3) is 3.47. The average molecular weight is 216 g/mol. The first kappa shape index (κ1) is 11.4. The Morgan fingerprint density at radius 2 is 1.94 bits per heavy atom. The van der Waals surface area contributed by atoms with Crippen molar-refractivity contribution in [3.63, 3.8) is 0 Å². The normalized spacial score (nSPS) is 18.7. The lowest BCUT2D eigenvalue weighted by Gasteiger charge is -2.27. The number of hydrogen-bond donors (Lipinski definition) is 1. The van der Waals surface area contributed by atoms with Gasteiger partial charge in [0.15, 0.2) is 0 Å². The second-order valence-corrected chi connectivity index (χ2v) is 4.43. The molecule has 0 bridgehead atoms. The zero-order valence-corrected chi connectivity index (χ0v) is 9.95. The summed E-state index contributed by atoms with van der Waals surface area (Å²) in [5, 5.41) is 3.38. The van der Waals surface area contributed by atoms with Gasteiger partial charge < -0.3 is 5.32 Å². The lowest BCUT2D eigenvalue weighted by molar-refractivity contribution is 0.260. The molecule has 86 valence electrons. The molecule has 1 aliphatic rings. The van der Waals surface area contributed by atoms with Gasteiger partial charge in [0.2, 0.25) is 0 Å². The maximum Gasteiger partial charge on any atom is 0.0194 e. The highest BCUT2D eigenvalue weighted by Crippen LogP contribution is 2.07. The van der Waals surface area contributed by atoms with Crippen molar-refractivity contribution >= 4 is 6.08 Å². The van der Waals surface area contributed by atoms with Crippen molar-refractivity contribution in [2.45, 2.75) is 6.92 Å². The zero-order valence-electron chi connectivity index (χ0n) is 9.95. The molecule has 0 radical (unpaired) electrons. The molecule has 1 fully saturated rings. The van der Waals surface area contributed by atoms with Gasteiger partial charge in [0.1, 0.15) is 0 Å². The summed E-state index contributed by atoms with van der Waals surface area (Å²) in [4.78, 5) is 2.51. The Morgan fingerprint density at radius 3 is 2.62 bits per heavy atom. The summed E-state index contributed by atoms with van der Waals surface area (Å²) in [6, 6.07) is 10.5. The summed E-state index contributed by atoms with van der Waals surface area (Å²) < 4.78 is 0. The van der Waals surface area contributed by atoms with Crippen LogP contribution in [0, 0.1) is 0 Å². The van der Waals surface area contributed by atoms with E-state index >= 15 is 0 Å². The molecule has 0 unspecified atom stereocenters. The highest BCUT2D eigenvalue weighted by atomic mass is 15.2. The first-order chi connectivity index (χ1) is 7.84. The predicted octanol–water partition coefficient (Wildman–Crippen LogP) is 2.00. The van der Waals surface area contributed by atoms with Crippen molar-refractivity contribution in [3.8, 4) is 0 Å². The number of benzene rings is 1. The van der Waals surface area contributed by atoms with E-state index in [2.05, 4.69) is 53.5 Å². The van der Waals surface area contributed by atoms with Gasteiger partial charge in [-0.3, -0.25) is 4.90 Å². The lowest BCUT2D eigenvalue weighted by atomic mass is 10.1. The Hall–Kier alpha value is -1.12. The molecule has 0 spiro atoms. The molecule has 1 N–H and O–H groups in total. The van der Waals surface area contributed by atoms with Crippen LogP contribution in [0.5, 0.6) is 0 Å². The van der Waals surface area contributed by atoms with Crippen LogP contribution in [0.3, 0.4) is 0 Å². The molecule has 0 saturated carbocycles. The van der Waals surface area contributed by atoms with Crippen LogP contribution in [0.2, 0.25) is 0 Å².